The van der Waals surface area contributed by atoms with Crippen LogP contribution in [-0.4, -0.2) is 11.3 Å². The van der Waals surface area contributed by atoms with Crippen LogP contribution >= 0.6 is 0 Å². The van der Waals surface area contributed by atoms with Crippen LogP contribution in [0.4, 0.5) is 17.1 Å². The summed E-state index contributed by atoms with van der Waals surface area (Å²) in [7, 11) is 0. The molecular weight excluding hydrogens is 463 g/mol. The summed E-state index contributed by atoms with van der Waals surface area (Å²) in [5, 5.41) is 3.66. The van der Waals surface area contributed by atoms with Crippen molar-refractivity contribution in [3.63, 3.8) is 0 Å². The number of furan rings is 1. The molecule has 0 N–H and O–H groups in total. The largest absolute Gasteiger partial charge is 0.456 e. The second-order valence-electron chi connectivity index (χ2n) is 10.6. The Kier molecular flexibility index (Phi) is 3.75. The van der Waals surface area contributed by atoms with E-state index >= 15 is 0 Å². The van der Waals surface area contributed by atoms with Crippen LogP contribution in [-0.2, 0) is 0 Å². The molecule has 0 radical (unpaired) electrons. The lowest BCUT2D eigenvalue weighted by Gasteiger charge is -2.40. The minimum Gasteiger partial charge on any atom is -0.456 e. The van der Waals surface area contributed by atoms with Gasteiger partial charge in [-0.2, -0.15) is 0 Å². The summed E-state index contributed by atoms with van der Waals surface area (Å²) in [6.45, 7) is 4.70. The van der Waals surface area contributed by atoms with Crippen LogP contribution in [0.2, 0.25) is 0 Å². The summed E-state index contributed by atoms with van der Waals surface area (Å²) < 4.78 is 8.80. The van der Waals surface area contributed by atoms with Gasteiger partial charge in [0.1, 0.15) is 11.2 Å². The number of anilines is 3. The number of fused-ring (bicyclic) bond motifs is 7. The van der Waals surface area contributed by atoms with Crippen molar-refractivity contribution >= 4 is 73.0 Å². The molecule has 3 nitrogen and oxygen atoms in total. The van der Waals surface area contributed by atoms with Crippen LogP contribution in [0.3, 0.4) is 0 Å². The van der Waals surface area contributed by atoms with Crippen molar-refractivity contribution in [1.82, 2.24) is 4.57 Å². The first-order valence-electron chi connectivity index (χ1n) is 13.2. The molecule has 0 bridgehead atoms. The molecule has 4 heterocycles. The van der Waals surface area contributed by atoms with E-state index in [2.05, 4.69) is 114 Å². The Labute approximate surface area is 220 Å². The Bertz CT molecular complexity index is 2130. The molecule has 7 aromatic rings. The fourth-order valence-corrected chi connectivity index (χ4v) is 7.08. The van der Waals surface area contributed by atoms with E-state index < -0.39 is 0 Å². The molecule has 2 aliphatic heterocycles. The zero-order valence-electron chi connectivity index (χ0n) is 21.2. The highest BCUT2D eigenvalue weighted by Gasteiger charge is 2.41. The molecule has 0 unspecified atom stereocenters. The van der Waals surface area contributed by atoms with E-state index in [1.807, 2.05) is 12.1 Å². The van der Waals surface area contributed by atoms with Crippen LogP contribution in [0.15, 0.2) is 108 Å². The SMILES string of the molecule is Cc1c(C)n2c3c(cccc13)B1c3ccccc3N(c3ccc4c(c3)oc3ccccc34)c3cccc-2c31. The second kappa shape index (κ2) is 6.99. The smallest absolute Gasteiger partial charge is 0.252 e. The molecule has 0 fully saturated rings. The van der Waals surface area contributed by atoms with Crippen LogP contribution in [0, 0.1) is 13.8 Å². The molecule has 0 saturated heterocycles. The molecule has 9 rings (SSSR count). The van der Waals surface area contributed by atoms with Gasteiger partial charge in [-0.3, -0.25) is 0 Å². The summed E-state index contributed by atoms with van der Waals surface area (Å²) in [5.41, 5.74) is 14.8. The first-order valence-corrected chi connectivity index (χ1v) is 13.2. The van der Waals surface area contributed by atoms with Gasteiger partial charge in [-0.05, 0) is 72.2 Å². The van der Waals surface area contributed by atoms with Crippen LogP contribution in [0.1, 0.15) is 11.3 Å². The maximum Gasteiger partial charge on any atom is 0.252 e. The van der Waals surface area contributed by atoms with Gasteiger partial charge in [0.2, 0.25) is 0 Å². The number of aromatic nitrogens is 1. The molecule has 2 aromatic heterocycles. The summed E-state index contributed by atoms with van der Waals surface area (Å²) in [5.74, 6) is 0. The molecule has 0 saturated carbocycles. The van der Waals surface area contributed by atoms with Gasteiger partial charge >= 0.3 is 0 Å². The van der Waals surface area contributed by atoms with E-state index in [0.717, 1.165) is 27.6 Å². The van der Waals surface area contributed by atoms with Gasteiger partial charge in [-0.1, -0.05) is 60.7 Å². The standard InChI is InChI=1S/C34H23BN2O/c1-20-21(2)36-29-14-8-15-30-33(29)35(27-12-7-10-23(20)34(27)36)26-11-4-5-13-28(26)37(30)22-17-18-25-24-9-3-6-16-31(24)38-32(25)19-22/h3-19H,1-2H3. The lowest BCUT2D eigenvalue weighted by Crippen LogP contribution is -2.60. The van der Waals surface area contributed by atoms with Crippen molar-refractivity contribution in [3.8, 4) is 5.69 Å². The monoisotopic (exact) mass is 486 g/mol. The Morgan fingerprint density at radius 1 is 0.605 bits per heavy atom. The number of hydrogen-bond donors (Lipinski definition) is 0. The maximum atomic E-state index is 6.31. The number of nitrogens with zero attached hydrogens (tertiary/aromatic N) is 2. The Hall–Kier alpha value is -4.70. The fourth-order valence-electron chi connectivity index (χ4n) is 7.08. The molecular formula is C34H23BN2O. The van der Waals surface area contributed by atoms with E-state index in [1.165, 1.54) is 55.6 Å². The lowest BCUT2D eigenvalue weighted by molar-refractivity contribution is 0.669. The third-order valence-corrected chi connectivity index (χ3v) is 8.82. The summed E-state index contributed by atoms with van der Waals surface area (Å²) in [4.78, 5) is 2.42. The van der Waals surface area contributed by atoms with Gasteiger partial charge in [0.05, 0.1) is 0 Å². The summed E-state index contributed by atoms with van der Waals surface area (Å²) in [6, 6.07) is 37.4. The zero-order chi connectivity index (χ0) is 25.1. The second-order valence-corrected chi connectivity index (χ2v) is 10.6. The zero-order valence-corrected chi connectivity index (χ0v) is 21.2. The first-order chi connectivity index (χ1) is 18.7. The van der Waals surface area contributed by atoms with Crippen molar-refractivity contribution in [2.75, 3.05) is 4.90 Å². The Morgan fingerprint density at radius 2 is 1.32 bits per heavy atom. The number of hydrogen-bond acceptors (Lipinski definition) is 2. The molecule has 0 amide bonds. The van der Waals surface area contributed by atoms with E-state index in [9.17, 15) is 0 Å². The van der Waals surface area contributed by atoms with Crippen molar-refractivity contribution < 1.29 is 4.42 Å². The van der Waals surface area contributed by atoms with Gasteiger partial charge in [-0.15, -0.1) is 0 Å². The van der Waals surface area contributed by atoms with Crippen LogP contribution < -0.4 is 21.3 Å². The molecule has 0 spiro atoms. The Balaban J connectivity index is 1.38. The molecule has 5 aromatic carbocycles. The third-order valence-electron chi connectivity index (χ3n) is 8.82. The molecule has 0 aliphatic carbocycles. The topological polar surface area (TPSA) is 21.3 Å². The van der Waals surface area contributed by atoms with E-state index in [1.54, 1.807) is 0 Å². The molecule has 38 heavy (non-hydrogen) atoms. The first kappa shape index (κ1) is 20.4. The molecule has 4 heteroatoms. The van der Waals surface area contributed by atoms with E-state index in [0.29, 0.717) is 0 Å². The van der Waals surface area contributed by atoms with Crippen molar-refractivity contribution in [3.05, 3.63) is 114 Å². The summed E-state index contributed by atoms with van der Waals surface area (Å²) in [6.07, 6.45) is 0. The molecule has 178 valence electrons. The lowest BCUT2D eigenvalue weighted by atomic mass is 9.34. The van der Waals surface area contributed by atoms with Gasteiger partial charge in [0.15, 0.2) is 0 Å². The van der Waals surface area contributed by atoms with Crippen LogP contribution in [0.25, 0.3) is 38.5 Å². The number of aryl methyl sites for hydroxylation is 1. The quantitative estimate of drug-likeness (QED) is 0.239. The van der Waals surface area contributed by atoms with Crippen molar-refractivity contribution in [2.24, 2.45) is 0 Å². The number of para-hydroxylation sites is 3. The maximum absolute atomic E-state index is 6.31. The minimum absolute atomic E-state index is 0.188. The van der Waals surface area contributed by atoms with Gasteiger partial charge in [-0.25, -0.2) is 0 Å². The minimum atomic E-state index is 0.188. The third kappa shape index (κ3) is 2.36. The average molecular weight is 486 g/mol. The van der Waals surface area contributed by atoms with Crippen LogP contribution in [0.5, 0.6) is 0 Å². The highest BCUT2D eigenvalue weighted by Crippen LogP contribution is 2.41. The number of benzene rings is 5. The average Bonchev–Trinajstić information content (AvgIpc) is 3.45. The van der Waals surface area contributed by atoms with Crippen molar-refractivity contribution in [1.29, 1.82) is 0 Å². The molecule has 2 aliphatic rings. The van der Waals surface area contributed by atoms with Gasteiger partial charge < -0.3 is 13.9 Å². The van der Waals surface area contributed by atoms with Gasteiger partial charge in [0.25, 0.3) is 6.71 Å². The Morgan fingerprint density at radius 3 is 2.26 bits per heavy atom. The highest BCUT2D eigenvalue weighted by molar-refractivity contribution is 7.00. The van der Waals surface area contributed by atoms with Crippen molar-refractivity contribution in [2.45, 2.75) is 13.8 Å². The van der Waals surface area contributed by atoms with Gasteiger partial charge in [0, 0.05) is 56.2 Å². The van der Waals surface area contributed by atoms with E-state index in [4.69, 9.17) is 4.42 Å². The normalized spacial score (nSPS) is 13.4. The van der Waals surface area contributed by atoms with E-state index in [-0.39, 0.29) is 6.71 Å². The molecule has 0 atom stereocenters. The fraction of sp³-hybridized carbons (Fsp3) is 0.0588. The number of rotatable bonds is 1. The predicted octanol–water partition coefficient (Wildman–Crippen LogP) is 6.76. The predicted molar refractivity (Wildman–Crippen MR) is 159 cm³/mol. The highest BCUT2D eigenvalue weighted by atomic mass is 16.3. The summed E-state index contributed by atoms with van der Waals surface area (Å²) >= 11 is 0.